The molecule has 0 radical (unpaired) electrons. The summed E-state index contributed by atoms with van der Waals surface area (Å²) in [5, 5.41) is 13.0. The number of hydrogen-bond donors (Lipinski definition) is 1. The molecule has 2 unspecified atom stereocenters. The van der Waals surface area contributed by atoms with Gasteiger partial charge in [0.25, 0.3) is 0 Å². The highest BCUT2D eigenvalue weighted by Gasteiger charge is 2.34. The molecule has 0 aliphatic carbocycles. The lowest BCUT2D eigenvalue weighted by molar-refractivity contribution is -0.110. The monoisotopic (exact) mass is 394 g/mol. The fraction of sp³-hybridized carbons (Fsp3) is 0.545. The number of fused-ring (bicyclic) bond motifs is 1. The zero-order chi connectivity index (χ0) is 21.0. The van der Waals surface area contributed by atoms with Crippen LogP contribution >= 0.6 is 0 Å². The summed E-state index contributed by atoms with van der Waals surface area (Å²) in [6, 6.07) is 6.03. The number of carbonyl (C=O) groups excluding carboxylic acids is 1. The Labute approximate surface area is 172 Å². The topological polar surface area (TPSA) is 85.2 Å². The summed E-state index contributed by atoms with van der Waals surface area (Å²) in [5.74, 6) is 0. The standard InChI is InChI=1S/C22H30N6O/c1-22(2)11-18(26-17(14-29)7-10-27(3)4)13-28(15-22)19-6-5-16(12-23)20-21(19)25-9-8-24-20/h5-6,8-9,14,17-18,26H,7,10-11,13,15H2,1-4H3. The Hall–Kier alpha value is -2.56. The summed E-state index contributed by atoms with van der Waals surface area (Å²) in [4.78, 5) is 24.9. The van der Waals surface area contributed by atoms with Crippen LogP contribution in [-0.4, -0.2) is 67.0 Å². The number of benzene rings is 1. The fourth-order valence-electron chi connectivity index (χ4n) is 4.22. The van der Waals surface area contributed by atoms with Crippen LogP contribution in [0, 0.1) is 16.7 Å². The van der Waals surface area contributed by atoms with Crippen LogP contribution in [0.5, 0.6) is 0 Å². The van der Waals surface area contributed by atoms with Gasteiger partial charge in [-0.2, -0.15) is 5.26 Å². The number of anilines is 1. The minimum absolute atomic E-state index is 0.0767. The maximum Gasteiger partial charge on any atom is 0.136 e. The number of nitriles is 1. The third-order valence-electron chi connectivity index (χ3n) is 5.43. The highest BCUT2D eigenvalue weighted by atomic mass is 16.1. The molecule has 1 aromatic heterocycles. The van der Waals surface area contributed by atoms with Crippen LogP contribution in [0.15, 0.2) is 24.5 Å². The van der Waals surface area contributed by atoms with E-state index in [0.29, 0.717) is 11.1 Å². The number of carbonyl (C=O) groups is 1. The van der Waals surface area contributed by atoms with Crippen molar-refractivity contribution in [3.05, 3.63) is 30.1 Å². The van der Waals surface area contributed by atoms with Gasteiger partial charge in [0.05, 0.1) is 17.3 Å². The Morgan fingerprint density at radius 3 is 2.72 bits per heavy atom. The number of piperidine rings is 1. The van der Waals surface area contributed by atoms with Crippen LogP contribution in [0.4, 0.5) is 5.69 Å². The summed E-state index contributed by atoms with van der Waals surface area (Å²) in [5.41, 5.74) is 2.99. The van der Waals surface area contributed by atoms with Crippen molar-refractivity contribution in [3.63, 3.8) is 0 Å². The highest BCUT2D eigenvalue weighted by molar-refractivity contribution is 5.92. The lowest BCUT2D eigenvalue weighted by atomic mass is 9.81. The van der Waals surface area contributed by atoms with Gasteiger partial charge < -0.3 is 19.9 Å². The van der Waals surface area contributed by atoms with Crippen LogP contribution in [0.25, 0.3) is 11.0 Å². The summed E-state index contributed by atoms with van der Waals surface area (Å²) in [7, 11) is 4.04. The molecule has 29 heavy (non-hydrogen) atoms. The molecule has 1 aromatic carbocycles. The number of nitrogens with one attached hydrogen (secondary N) is 1. The first-order valence-corrected chi connectivity index (χ1v) is 10.1. The van der Waals surface area contributed by atoms with Crippen LogP contribution in [0.1, 0.15) is 32.3 Å². The summed E-state index contributed by atoms with van der Waals surface area (Å²) >= 11 is 0. The van der Waals surface area contributed by atoms with Crippen molar-refractivity contribution in [1.82, 2.24) is 20.2 Å². The number of hydrogen-bond acceptors (Lipinski definition) is 7. The molecule has 7 heteroatoms. The van der Waals surface area contributed by atoms with Crippen molar-refractivity contribution in [3.8, 4) is 6.07 Å². The Morgan fingerprint density at radius 2 is 2.07 bits per heavy atom. The van der Waals surface area contributed by atoms with E-state index >= 15 is 0 Å². The van der Waals surface area contributed by atoms with Gasteiger partial charge in [0.15, 0.2) is 0 Å². The molecule has 3 rings (SSSR count). The minimum atomic E-state index is -0.157. The maximum absolute atomic E-state index is 11.6. The Bertz CT molecular complexity index is 904. The molecular formula is C22H30N6O. The van der Waals surface area contributed by atoms with E-state index in [-0.39, 0.29) is 17.5 Å². The molecule has 0 bridgehead atoms. The molecule has 0 amide bonds. The van der Waals surface area contributed by atoms with Gasteiger partial charge in [-0.15, -0.1) is 0 Å². The molecule has 7 nitrogen and oxygen atoms in total. The van der Waals surface area contributed by atoms with Crippen LogP contribution in [-0.2, 0) is 4.79 Å². The molecule has 1 saturated heterocycles. The summed E-state index contributed by atoms with van der Waals surface area (Å²) in [6.45, 7) is 7.04. The summed E-state index contributed by atoms with van der Waals surface area (Å²) < 4.78 is 0. The molecule has 1 N–H and O–H groups in total. The zero-order valence-corrected chi connectivity index (χ0v) is 17.7. The van der Waals surface area contributed by atoms with Crippen molar-refractivity contribution in [2.45, 2.75) is 38.8 Å². The van der Waals surface area contributed by atoms with Crippen LogP contribution in [0.3, 0.4) is 0 Å². The third-order valence-corrected chi connectivity index (χ3v) is 5.43. The van der Waals surface area contributed by atoms with Crippen molar-refractivity contribution in [2.75, 3.05) is 38.6 Å². The smallest absolute Gasteiger partial charge is 0.136 e. The second-order valence-electron chi connectivity index (χ2n) is 8.94. The van der Waals surface area contributed by atoms with Gasteiger partial charge in [-0.3, -0.25) is 9.97 Å². The molecule has 1 aliphatic heterocycles. The van der Waals surface area contributed by atoms with Crippen molar-refractivity contribution < 1.29 is 4.79 Å². The van der Waals surface area contributed by atoms with E-state index in [4.69, 9.17) is 0 Å². The zero-order valence-electron chi connectivity index (χ0n) is 17.7. The molecule has 1 fully saturated rings. The minimum Gasteiger partial charge on any atom is -0.368 e. The van der Waals surface area contributed by atoms with E-state index in [9.17, 15) is 10.1 Å². The first kappa shape index (κ1) is 21.2. The molecule has 0 saturated carbocycles. The quantitative estimate of drug-likeness (QED) is 0.721. The molecule has 1 aliphatic rings. The van der Waals surface area contributed by atoms with E-state index in [2.05, 4.69) is 45.0 Å². The van der Waals surface area contributed by atoms with Crippen molar-refractivity contribution >= 4 is 23.0 Å². The lowest BCUT2D eigenvalue weighted by Crippen LogP contribution is -2.55. The predicted octanol–water partition coefficient (Wildman–Crippen LogP) is 2.22. The number of aromatic nitrogens is 2. The van der Waals surface area contributed by atoms with Gasteiger partial charge in [0.2, 0.25) is 0 Å². The van der Waals surface area contributed by atoms with Crippen molar-refractivity contribution in [1.29, 1.82) is 5.26 Å². The number of nitrogens with zero attached hydrogens (tertiary/aromatic N) is 5. The lowest BCUT2D eigenvalue weighted by Gasteiger charge is -2.44. The van der Waals surface area contributed by atoms with E-state index < -0.39 is 0 Å². The fourth-order valence-corrected chi connectivity index (χ4v) is 4.22. The SMILES string of the molecule is CN(C)CCC(C=O)NC1CN(c2ccc(C#N)c3nccnc23)CC(C)(C)C1. The van der Waals surface area contributed by atoms with Crippen LogP contribution < -0.4 is 10.2 Å². The van der Waals surface area contributed by atoms with Crippen molar-refractivity contribution in [2.24, 2.45) is 5.41 Å². The number of aldehydes is 1. The Balaban J connectivity index is 1.86. The van der Waals surface area contributed by atoms with E-state index in [1.165, 1.54) is 0 Å². The average Bonchev–Trinajstić information content (AvgIpc) is 2.68. The van der Waals surface area contributed by atoms with Gasteiger partial charge in [0, 0.05) is 31.5 Å². The second kappa shape index (κ2) is 8.85. The van der Waals surface area contributed by atoms with E-state index in [1.54, 1.807) is 12.4 Å². The second-order valence-corrected chi connectivity index (χ2v) is 8.94. The molecule has 2 aromatic rings. The first-order valence-electron chi connectivity index (χ1n) is 10.1. The number of rotatable bonds is 7. The maximum atomic E-state index is 11.6. The Morgan fingerprint density at radius 1 is 1.34 bits per heavy atom. The largest absolute Gasteiger partial charge is 0.368 e. The third kappa shape index (κ3) is 5.08. The molecule has 0 spiro atoms. The van der Waals surface area contributed by atoms with Gasteiger partial charge >= 0.3 is 0 Å². The highest BCUT2D eigenvalue weighted by Crippen LogP contribution is 2.35. The molecule has 154 valence electrons. The molecule has 2 heterocycles. The van der Waals surface area contributed by atoms with Crippen LogP contribution in [0.2, 0.25) is 0 Å². The normalized spacial score (nSPS) is 19.9. The van der Waals surface area contributed by atoms with Gasteiger partial charge in [-0.25, -0.2) is 0 Å². The first-order chi connectivity index (χ1) is 13.8. The van der Waals surface area contributed by atoms with Gasteiger partial charge in [0.1, 0.15) is 23.4 Å². The molecule has 2 atom stereocenters. The Kier molecular flexibility index (Phi) is 6.46. The van der Waals surface area contributed by atoms with Gasteiger partial charge in [-0.1, -0.05) is 13.8 Å². The van der Waals surface area contributed by atoms with E-state index in [0.717, 1.165) is 50.0 Å². The van der Waals surface area contributed by atoms with Gasteiger partial charge in [-0.05, 0) is 51.0 Å². The predicted molar refractivity (Wildman–Crippen MR) is 115 cm³/mol. The average molecular weight is 395 g/mol. The van der Waals surface area contributed by atoms with E-state index in [1.807, 2.05) is 26.2 Å². The summed E-state index contributed by atoms with van der Waals surface area (Å²) in [6.07, 6.45) is 6.10. The molecular weight excluding hydrogens is 364 g/mol.